The molecule has 0 saturated carbocycles. The highest BCUT2D eigenvalue weighted by atomic mass is 19.4. The van der Waals surface area contributed by atoms with Crippen molar-refractivity contribution in [3.63, 3.8) is 0 Å². The van der Waals surface area contributed by atoms with E-state index >= 15 is 0 Å². The molecule has 2 fully saturated rings. The maximum atomic E-state index is 14.4. The number of fused-ring (bicyclic) bond motifs is 1. The monoisotopic (exact) mass is 596 g/mol. The summed E-state index contributed by atoms with van der Waals surface area (Å²) in [6, 6.07) is 12.0. The third-order valence-corrected chi connectivity index (χ3v) is 8.11. The molecule has 0 atom stereocenters. The smallest absolute Gasteiger partial charge is 0.417 e. The Morgan fingerprint density at radius 3 is 2.49 bits per heavy atom. The fourth-order valence-electron chi connectivity index (χ4n) is 5.84. The van der Waals surface area contributed by atoms with Crippen molar-refractivity contribution in [1.29, 1.82) is 0 Å². The molecule has 43 heavy (non-hydrogen) atoms. The molecule has 228 valence electrons. The van der Waals surface area contributed by atoms with Crippen LogP contribution in [0, 0.1) is 5.92 Å². The van der Waals surface area contributed by atoms with Crippen LogP contribution in [0.3, 0.4) is 0 Å². The number of alkyl halides is 3. The number of nitrogen functional groups attached to an aromatic ring is 1. The molecule has 9 nitrogen and oxygen atoms in total. The number of hydrogen-bond acceptors (Lipinski definition) is 8. The number of likely N-dealkylation sites (tertiary alicyclic amines) is 1. The maximum absolute atomic E-state index is 14.4. The molecule has 0 bridgehead atoms. The van der Waals surface area contributed by atoms with Crippen molar-refractivity contribution >= 4 is 17.0 Å². The summed E-state index contributed by atoms with van der Waals surface area (Å²) in [5, 5.41) is 0. The molecular weight excluding hydrogens is 561 g/mol. The van der Waals surface area contributed by atoms with Crippen LogP contribution >= 0.6 is 0 Å². The first-order valence-electron chi connectivity index (χ1n) is 14.6. The largest absolute Gasteiger partial charge is 0.468 e. The van der Waals surface area contributed by atoms with Crippen molar-refractivity contribution in [2.45, 2.75) is 44.9 Å². The molecule has 2 saturated heterocycles. The van der Waals surface area contributed by atoms with Crippen LogP contribution in [0.4, 0.5) is 19.0 Å². The first-order chi connectivity index (χ1) is 20.8. The highest BCUT2D eigenvalue weighted by Crippen LogP contribution is 2.39. The fraction of sp³-hybridized carbons (Fsp3) is 0.452. The van der Waals surface area contributed by atoms with Crippen molar-refractivity contribution in [1.82, 2.24) is 24.4 Å². The predicted molar refractivity (Wildman–Crippen MR) is 156 cm³/mol. The van der Waals surface area contributed by atoms with Gasteiger partial charge in [0.25, 0.3) is 6.01 Å². The van der Waals surface area contributed by atoms with E-state index in [0.717, 1.165) is 50.9 Å². The van der Waals surface area contributed by atoms with E-state index in [1.165, 1.54) is 19.2 Å². The van der Waals surface area contributed by atoms with E-state index < -0.39 is 11.7 Å². The van der Waals surface area contributed by atoms with Gasteiger partial charge in [-0.05, 0) is 79.1 Å². The molecular formula is C31H35F3N6O3. The number of ether oxygens (including phenoxy) is 3. The van der Waals surface area contributed by atoms with Gasteiger partial charge in [-0.25, -0.2) is 0 Å². The first kappa shape index (κ1) is 29.2. The Kier molecular flexibility index (Phi) is 8.40. The molecule has 0 spiro atoms. The molecule has 12 heteroatoms. The van der Waals surface area contributed by atoms with Crippen LogP contribution < -0.4 is 15.2 Å². The van der Waals surface area contributed by atoms with E-state index in [1.807, 2.05) is 18.2 Å². The summed E-state index contributed by atoms with van der Waals surface area (Å²) in [5.74, 6) is 0.415. The molecule has 2 aliphatic heterocycles. The minimum Gasteiger partial charge on any atom is -0.468 e. The van der Waals surface area contributed by atoms with Crippen LogP contribution in [0.2, 0.25) is 0 Å². The number of nitrogens with two attached hydrogens (primary N) is 1. The van der Waals surface area contributed by atoms with Crippen molar-refractivity contribution in [2.75, 3.05) is 45.8 Å². The zero-order valence-electron chi connectivity index (χ0n) is 24.1. The molecule has 4 aromatic rings. The van der Waals surface area contributed by atoms with E-state index in [1.54, 1.807) is 16.7 Å². The van der Waals surface area contributed by atoms with Gasteiger partial charge < -0.3 is 19.9 Å². The molecule has 4 heterocycles. The van der Waals surface area contributed by atoms with Crippen molar-refractivity contribution in [2.24, 2.45) is 5.92 Å². The van der Waals surface area contributed by atoms with Gasteiger partial charge in [0, 0.05) is 19.8 Å². The lowest BCUT2D eigenvalue weighted by Crippen LogP contribution is -2.22. The van der Waals surface area contributed by atoms with Gasteiger partial charge in [-0.3, -0.25) is 9.47 Å². The van der Waals surface area contributed by atoms with Crippen LogP contribution in [0.1, 0.15) is 42.4 Å². The first-order valence-corrected chi connectivity index (χ1v) is 14.6. The topological polar surface area (TPSA) is 101 Å². The lowest BCUT2D eigenvalue weighted by atomic mass is 9.95. The van der Waals surface area contributed by atoms with Gasteiger partial charge in [-0.1, -0.05) is 30.3 Å². The van der Waals surface area contributed by atoms with Crippen LogP contribution in [0.15, 0.2) is 42.5 Å². The molecule has 0 aliphatic carbocycles. The van der Waals surface area contributed by atoms with Gasteiger partial charge in [0.15, 0.2) is 17.0 Å². The molecule has 2 aliphatic rings. The summed E-state index contributed by atoms with van der Waals surface area (Å²) in [6.45, 7) is 4.56. The number of methoxy groups -OCH3 is 1. The standard InChI is InChI=1S/C31H35F3N6O3/c1-41-30-36-26-27(35)37-29(43-19-20-9-13-42-14-10-20)38-28(26)40(30)18-22-7-8-24(25(16-22)31(32,33)34)23-6-4-5-21(15-23)17-39-11-2-3-12-39/h4-8,15-16,20H,2-3,9-14,17-19H2,1H3,(H2,35,37,38). The summed E-state index contributed by atoms with van der Waals surface area (Å²) in [4.78, 5) is 15.5. The minimum atomic E-state index is -4.56. The molecule has 0 unspecified atom stereocenters. The van der Waals surface area contributed by atoms with E-state index in [0.29, 0.717) is 42.5 Å². The van der Waals surface area contributed by atoms with Crippen molar-refractivity contribution in [3.05, 3.63) is 59.2 Å². The lowest BCUT2D eigenvalue weighted by Gasteiger charge is -2.21. The second kappa shape index (κ2) is 12.4. The number of rotatable bonds is 9. The summed E-state index contributed by atoms with van der Waals surface area (Å²) in [5.41, 5.74) is 8.17. The second-order valence-corrected chi connectivity index (χ2v) is 11.2. The minimum absolute atomic E-state index is 0.0217. The third-order valence-electron chi connectivity index (χ3n) is 8.11. The van der Waals surface area contributed by atoms with Gasteiger partial charge in [0.2, 0.25) is 0 Å². The van der Waals surface area contributed by atoms with Crippen molar-refractivity contribution in [3.8, 4) is 23.1 Å². The van der Waals surface area contributed by atoms with Crippen LogP contribution in [-0.4, -0.2) is 64.4 Å². The van der Waals surface area contributed by atoms with Crippen LogP contribution in [0.5, 0.6) is 12.0 Å². The molecule has 2 N–H and O–H groups in total. The van der Waals surface area contributed by atoms with Crippen LogP contribution in [-0.2, 0) is 24.0 Å². The number of aromatic nitrogens is 4. The normalized spacial score (nSPS) is 16.7. The number of hydrogen-bond donors (Lipinski definition) is 1. The molecule has 6 rings (SSSR count). The average Bonchev–Trinajstić information content (AvgIpc) is 3.64. The van der Waals surface area contributed by atoms with Gasteiger partial charge in [0.05, 0.1) is 25.8 Å². The lowest BCUT2D eigenvalue weighted by molar-refractivity contribution is -0.137. The highest BCUT2D eigenvalue weighted by Gasteiger charge is 2.34. The Morgan fingerprint density at radius 1 is 0.977 bits per heavy atom. The fourth-order valence-corrected chi connectivity index (χ4v) is 5.84. The molecule has 2 aromatic carbocycles. The Morgan fingerprint density at radius 2 is 1.74 bits per heavy atom. The Hall–Kier alpha value is -3.90. The van der Waals surface area contributed by atoms with Crippen molar-refractivity contribution < 1.29 is 27.4 Å². The number of halogens is 3. The van der Waals surface area contributed by atoms with E-state index in [-0.39, 0.29) is 35.5 Å². The average molecular weight is 597 g/mol. The maximum Gasteiger partial charge on any atom is 0.417 e. The van der Waals surface area contributed by atoms with Gasteiger partial charge in [-0.15, -0.1) is 0 Å². The van der Waals surface area contributed by atoms with E-state index in [4.69, 9.17) is 19.9 Å². The zero-order chi connectivity index (χ0) is 30.0. The summed E-state index contributed by atoms with van der Waals surface area (Å²) < 4.78 is 61.7. The summed E-state index contributed by atoms with van der Waals surface area (Å²) in [7, 11) is 1.43. The Bertz CT molecular complexity index is 1580. The zero-order valence-corrected chi connectivity index (χ0v) is 24.1. The molecule has 0 amide bonds. The SMILES string of the molecule is COc1nc2c(N)nc(OCC3CCOCC3)nc2n1Cc1ccc(-c2cccc(CN3CCCC3)c2)c(C(F)(F)F)c1. The van der Waals surface area contributed by atoms with Gasteiger partial charge in [0.1, 0.15) is 0 Å². The van der Waals surface area contributed by atoms with Gasteiger partial charge in [-0.2, -0.15) is 28.1 Å². The summed E-state index contributed by atoms with van der Waals surface area (Å²) >= 11 is 0. The summed E-state index contributed by atoms with van der Waals surface area (Å²) in [6.07, 6.45) is -0.498. The number of nitrogens with zero attached hydrogens (tertiary/aromatic N) is 5. The third kappa shape index (κ3) is 6.54. The Balaban J connectivity index is 1.30. The Labute approximate surface area is 247 Å². The van der Waals surface area contributed by atoms with Crippen LogP contribution in [0.25, 0.3) is 22.3 Å². The molecule has 2 aromatic heterocycles. The highest BCUT2D eigenvalue weighted by molar-refractivity contribution is 5.83. The van der Waals surface area contributed by atoms with E-state index in [2.05, 4.69) is 19.9 Å². The molecule has 0 radical (unpaired) electrons. The quantitative estimate of drug-likeness (QED) is 0.268. The second-order valence-electron chi connectivity index (χ2n) is 11.2. The number of imidazole rings is 1. The van der Waals surface area contributed by atoms with Gasteiger partial charge >= 0.3 is 12.2 Å². The number of anilines is 1. The number of benzene rings is 2. The predicted octanol–water partition coefficient (Wildman–Crippen LogP) is 5.55. The van der Waals surface area contributed by atoms with E-state index in [9.17, 15) is 13.2 Å².